The average Bonchev–Trinajstić information content (AvgIpc) is 2.28. The molecule has 1 atom stereocenters. The standard InChI is InChI=1S/C12H16FNO2.ClH/c1-3-4-5-10(14)9-6-8(13)7-11(16-2)12(9)15;/h3,6-7,10,15H,1,4-5,14H2,2H3;1H/t10-;/m1./s1. The Balaban J connectivity index is 0.00000256. The molecule has 0 saturated heterocycles. The van der Waals surface area contributed by atoms with E-state index in [1.54, 1.807) is 6.08 Å². The summed E-state index contributed by atoms with van der Waals surface area (Å²) in [5.74, 6) is -0.469. The van der Waals surface area contributed by atoms with Crippen molar-refractivity contribution in [3.8, 4) is 11.5 Å². The van der Waals surface area contributed by atoms with Gasteiger partial charge in [-0.25, -0.2) is 4.39 Å². The lowest BCUT2D eigenvalue weighted by Gasteiger charge is -2.15. The number of phenols is 1. The highest BCUT2D eigenvalue weighted by molar-refractivity contribution is 5.85. The zero-order valence-corrected chi connectivity index (χ0v) is 10.5. The second-order valence-electron chi connectivity index (χ2n) is 3.52. The summed E-state index contributed by atoms with van der Waals surface area (Å²) in [6.45, 7) is 3.58. The second kappa shape index (κ2) is 7.14. The van der Waals surface area contributed by atoms with Crippen LogP contribution in [0.25, 0.3) is 0 Å². The van der Waals surface area contributed by atoms with Crippen LogP contribution in [0.1, 0.15) is 24.4 Å². The predicted octanol–water partition coefficient (Wildman–Crippen LogP) is 2.93. The third kappa shape index (κ3) is 3.91. The van der Waals surface area contributed by atoms with Crippen LogP contribution in [0.5, 0.6) is 11.5 Å². The summed E-state index contributed by atoms with van der Waals surface area (Å²) >= 11 is 0. The number of benzene rings is 1. The zero-order chi connectivity index (χ0) is 12.1. The van der Waals surface area contributed by atoms with E-state index in [0.717, 1.165) is 6.07 Å². The maximum absolute atomic E-state index is 13.2. The molecule has 1 aromatic rings. The van der Waals surface area contributed by atoms with E-state index < -0.39 is 11.9 Å². The predicted molar refractivity (Wildman–Crippen MR) is 68.2 cm³/mol. The molecule has 3 nitrogen and oxygen atoms in total. The highest BCUT2D eigenvalue weighted by Gasteiger charge is 2.16. The lowest BCUT2D eigenvalue weighted by molar-refractivity contribution is 0.364. The molecule has 1 rings (SSSR count). The molecular weight excluding hydrogens is 245 g/mol. The fraction of sp³-hybridized carbons (Fsp3) is 0.333. The molecule has 0 aliphatic heterocycles. The van der Waals surface area contributed by atoms with Gasteiger partial charge in [-0.15, -0.1) is 19.0 Å². The quantitative estimate of drug-likeness (QED) is 0.802. The van der Waals surface area contributed by atoms with Gasteiger partial charge in [0.2, 0.25) is 0 Å². The Hall–Kier alpha value is -1.26. The van der Waals surface area contributed by atoms with Crippen molar-refractivity contribution < 1.29 is 14.2 Å². The van der Waals surface area contributed by atoms with Gasteiger partial charge in [0.25, 0.3) is 0 Å². The molecule has 0 spiro atoms. The molecular formula is C12H17ClFNO2. The van der Waals surface area contributed by atoms with Crippen LogP contribution in [0.3, 0.4) is 0 Å². The van der Waals surface area contributed by atoms with Crippen LogP contribution < -0.4 is 10.5 Å². The summed E-state index contributed by atoms with van der Waals surface area (Å²) in [5, 5.41) is 9.79. The highest BCUT2D eigenvalue weighted by Crippen LogP contribution is 2.35. The molecule has 0 aliphatic rings. The van der Waals surface area contributed by atoms with E-state index in [9.17, 15) is 9.50 Å². The van der Waals surface area contributed by atoms with Crippen LogP contribution in [0.4, 0.5) is 4.39 Å². The summed E-state index contributed by atoms with van der Waals surface area (Å²) in [7, 11) is 1.37. The summed E-state index contributed by atoms with van der Waals surface area (Å²) in [6.07, 6.45) is 3.04. The Kier molecular flexibility index (Phi) is 6.61. The molecule has 3 N–H and O–H groups in total. The van der Waals surface area contributed by atoms with Gasteiger partial charge < -0.3 is 15.6 Å². The summed E-state index contributed by atoms with van der Waals surface area (Å²) in [5.41, 5.74) is 6.20. The number of nitrogens with two attached hydrogens (primary N) is 1. The molecule has 0 aliphatic carbocycles. The van der Waals surface area contributed by atoms with Crippen LogP contribution in [-0.4, -0.2) is 12.2 Å². The molecule has 17 heavy (non-hydrogen) atoms. The van der Waals surface area contributed by atoms with Crippen molar-refractivity contribution in [2.45, 2.75) is 18.9 Å². The van der Waals surface area contributed by atoms with Crippen molar-refractivity contribution in [1.29, 1.82) is 0 Å². The monoisotopic (exact) mass is 261 g/mol. The van der Waals surface area contributed by atoms with Crippen molar-refractivity contribution in [3.63, 3.8) is 0 Å². The van der Waals surface area contributed by atoms with Gasteiger partial charge in [0.1, 0.15) is 5.82 Å². The minimum Gasteiger partial charge on any atom is -0.504 e. The number of methoxy groups -OCH3 is 1. The molecule has 0 heterocycles. The van der Waals surface area contributed by atoms with Crippen LogP contribution in [0.15, 0.2) is 24.8 Å². The van der Waals surface area contributed by atoms with Crippen LogP contribution in [0.2, 0.25) is 0 Å². The summed E-state index contributed by atoms with van der Waals surface area (Å²) in [6, 6.07) is 1.92. The van der Waals surface area contributed by atoms with Crippen molar-refractivity contribution in [3.05, 3.63) is 36.2 Å². The number of hydrogen-bond acceptors (Lipinski definition) is 3. The van der Waals surface area contributed by atoms with E-state index in [0.29, 0.717) is 18.4 Å². The maximum atomic E-state index is 13.2. The molecule has 5 heteroatoms. The van der Waals surface area contributed by atoms with Crippen molar-refractivity contribution >= 4 is 12.4 Å². The number of phenolic OH excluding ortho intramolecular Hbond substituents is 1. The van der Waals surface area contributed by atoms with E-state index in [4.69, 9.17) is 10.5 Å². The highest BCUT2D eigenvalue weighted by atomic mass is 35.5. The van der Waals surface area contributed by atoms with E-state index in [-0.39, 0.29) is 23.9 Å². The van der Waals surface area contributed by atoms with Gasteiger partial charge in [-0.2, -0.15) is 0 Å². The minimum absolute atomic E-state index is 0. The Morgan fingerprint density at radius 3 is 2.76 bits per heavy atom. The van der Waals surface area contributed by atoms with Gasteiger partial charge in [-0.05, 0) is 18.9 Å². The average molecular weight is 262 g/mol. The molecule has 0 bridgehead atoms. The van der Waals surface area contributed by atoms with Gasteiger partial charge >= 0.3 is 0 Å². The first-order chi connectivity index (χ1) is 7.60. The topological polar surface area (TPSA) is 55.5 Å². The number of allylic oxidation sites excluding steroid dienone is 1. The zero-order valence-electron chi connectivity index (χ0n) is 9.65. The number of ether oxygens (including phenoxy) is 1. The number of aromatic hydroxyl groups is 1. The fourth-order valence-electron chi connectivity index (χ4n) is 1.49. The van der Waals surface area contributed by atoms with Crippen LogP contribution in [-0.2, 0) is 0 Å². The summed E-state index contributed by atoms with van der Waals surface area (Å²) in [4.78, 5) is 0. The van der Waals surface area contributed by atoms with Crippen molar-refractivity contribution in [1.82, 2.24) is 0 Å². The van der Waals surface area contributed by atoms with E-state index >= 15 is 0 Å². The Morgan fingerprint density at radius 1 is 1.59 bits per heavy atom. The van der Waals surface area contributed by atoms with Gasteiger partial charge in [0.15, 0.2) is 11.5 Å². The minimum atomic E-state index is -0.473. The molecule has 0 amide bonds. The first kappa shape index (κ1) is 15.7. The third-order valence-corrected chi connectivity index (χ3v) is 2.37. The molecule has 96 valence electrons. The fourth-order valence-corrected chi connectivity index (χ4v) is 1.49. The van der Waals surface area contributed by atoms with Crippen LogP contribution >= 0.6 is 12.4 Å². The smallest absolute Gasteiger partial charge is 0.163 e. The van der Waals surface area contributed by atoms with Gasteiger partial charge in [-0.3, -0.25) is 0 Å². The number of hydrogen-bond donors (Lipinski definition) is 2. The first-order valence-corrected chi connectivity index (χ1v) is 5.03. The Bertz CT molecular complexity index is 385. The Morgan fingerprint density at radius 2 is 2.24 bits per heavy atom. The first-order valence-electron chi connectivity index (χ1n) is 5.03. The molecule has 0 radical (unpaired) electrons. The molecule has 0 unspecified atom stereocenters. The normalized spacial score (nSPS) is 11.5. The third-order valence-electron chi connectivity index (χ3n) is 2.37. The largest absolute Gasteiger partial charge is 0.504 e. The lowest BCUT2D eigenvalue weighted by atomic mass is 10.0. The van der Waals surface area contributed by atoms with E-state index in [2.05, 4.69) is 6.58 Å². The van der Waals surface area contributed by atoms with Crippen molar-refractivity contribution in [2.75, 3.05) is 7.11 Å². The van der Waals surface area contributed by atoms with Gasteiger partial charge in [-0.1, -0.05) is 6.08 Å². The van der Waals surface area contributed by atoms with Crippen molar-refractivity contribution in [2.24, 2.45) is 5.73 Å². The van der Waals surface area contributed by atoms with Crippen LogP contribution in [0, 0.1) is 5.82 Å². The maximum Gasteiger partial charge on any atom is 0.163 e. The second-order valence-corrected chi connectivity index (χ2v) is 3.52. The van der Waals surface area contributed by atoms with Gasteiger partial charge in [0.05, 0.1) is 7.11 Å². The molecule has 0 fully saturated rings. The SMILES string of the molecule is C=CCC[C@@H](N)c1cc(F)cc(OC)c1O.Cl. The number of halogens is 2. The molecule has 1 aromatic carbocycles. The summed E-state index contributed by atoms with van der Waals surface area (Å²) < 4.78 is 18.1. The Labute approximate surface area is 106 Å². The van der Waals surface area contributed by atoms with E-state index in [1.807, 2.05) is 0 Å². The van der Waals surface area contributed by atoms with E-state index in [1.165, 1.54) is 13.2 Å². The number of rotatable bonds is 5. The molecule has 0 aromatic heterocycles. The lowest BCUT2D eigenvalue weighted by Crippen LogP contribution is -2.10. The molecule has 0 saturated carbocycles. The van der Waals surface area contributed by atoms with Gasteiger partial charge in [0, 0.05) is 17.7 Å².